The van der Waals surface area contributed by atoms with Gasteiger partial charge in [0.2, 0.25) is 17.8 Å². The summed E-state index contributed by atoms with van der Waals surface area (Å²) in [6.45, 7) is 3.46. The molecule has 0 saturated heterocycles. The zero-order valence-electron chi connectivity index (χ0n) is 11.2. The minimum Gasteiger partial charge on any atom is -0.321 e. The fourth-order valence-corrected chi connectivity index (χ4v) is 1.77. The van der Waals surface area contributed by atoms with Gasteiger partial charge in [0.1, 0.15) is 0 Å². The molecule has 0 unspecified atom stereocenters. The lowest BCUT2D eigenvalue weighted by atomic mass is 9.83. The second kappa shape index (κ2) is 5.36. The molecule has 0 aliphatic carbocycles. The molecule has 1 heterocycles. The van der Waals surface area contributed by atoms with Crippen molar-refractivity contribution >= 4 is 11.6 Å². The van der Waals surface area contributed by atoms with Gasteiger partial charge >= 0.3 is 0 Å². The largest absolute Gasteiger partial charge is 0.321 e. The molecule has 0 spiro atoms. The van der Waals surface area contributed by atoms with Gasteiger partial charge in [0, 0.05) is 0 Å². The van der Waals surface area contributed by atoms with E-state index in [4.69, 9.17) is 0 Å². The summed E-state index contributed by atoms with van der Waals surface area (Å²) < 4.78 is 26.2. The van der Waals surface area contributed by atoms with E-state index in [-0.39, 0.29) is 5.69 Å². The SMILES string of the molecule is CC(C)(C(=O)Nc1ccc(F)nc1F)c1ccccc1. The molecule has 2 rings (SSSR count). The monoisotopic (exact) mass is 276 g/mol. The summed E-state index contributed by atoms with van der Waals surface area (Å²) in [6.07, 6.45) is 0. The lowest BCUT2D eigenvalue weighted by molar-refractivity contribution is -0.120. The summed E-state index contributed by atoms with van der Waals surface area (Å²) in [4.78, 5) is 15.3. The molecular weight excluding hydrogens is 262 g/mol. The first-order valence-electron chi connectivity index (χ1n) is 6.10. The van der Waals surface area contributed by atoms with Gasteiger partial charge in [0.25, 0.3) is 0 Å². The average Bonchev–Trinajstić information content (AvgIpc) is 2.42. The molecule has 0 bridgehead atoms. The molecule has 104 valence electrons. The van der Waals surface area contributed by atoms with Gasteiger partial charge in [-0.1, -0.05) is 30.3 Å². The normalized spacial score (nSPS) is 11.2. The molecule has 0 aliphatic rings. The van der Waals surface area contributed by atoms with E-state index in [1.165, 1.54) is 0 Å². The minimum absolute atomic E-state index is 0.139. The molecule has 2 aromatic rings. The third kappa shape index (κ3) is 2.82. The number of benzene rings is 1. The molecule has 0 saturated carbocycles. The van der Waals surface area contributed by atoms with Crippen molar-refractivity contribution in [3.63, 3.8) is 0 Å². The Morgan fingerprint density at radius 2 is 1.75 bits per heavy atom. The Morgan fingerprint density at radius 1 is 1.10 bits per heavy atom. The van der Waals surface area contributed by atoms with Crippen LogP contribution in [0.2, 0.25) is 0 Å². The van der Waals surface area contributed by atoms with Crippen molar-refractivity contribution in [3.8, 4) is 0 Å². The topological polar surface area (TPSA) is 42.0 Å². The summed E-state index contributed by atoms with van der Waals surface area (Å²) in [7, 11) is 0. The first-order valence-corrected chi connectivity index (χ1v) is 6.10. The van der Waals surface area contributed by atoms with E-state index in [1.54, 1.807) is 13.8 Å². The Bertz CT molecular complexity index is 627. The van der Waals surface area contributed by atoms with Crippen LogP contribution in [0.3, 0.4) is 0 Å². The minimum atomic E-state index is -1.04. The maximum Gasteiger partial charge on any atom is 0.239 e. The number of nitrogens with zero attached hydrogens (tertiary/aromatic N) is 1. The third-order valence-corrected chi connectivity index (χ3v) is 3.13. The van der Waals surface area contributed by atoms with Gasteiger partial charge in [0.15, 0.2) is 0 Å². The average molecular weight is 276 g/mol. The van der Waals surface area contributed by atoms with E-state index in [2.05, 4.69) is 10.3 Å². The van der Waals surface area contributed by atoms with Crippen molar-refractivity contribution in [3.05, 3.63) is 59.9 Å². The predicted molar refractivity (Wildman–Crippen MR) is 72.3 cm³/mol. The van der Waals surface area contributed by atoms with Crippen LogP contribution in [0.5, 0.6) is 0 Å². The Morgan fingerprint density at radius 3 is 2.35 bits per heavy atom. The number of hydrogen-bond donors (Lipinski definition) is 1. The summed E-state index contributed by atoms with van der Waals surface area (Å²) in [5.41, 5.74) is -0.185. The Kier molecular flexibility index (Phi) is 3.79. The Hall–Kier alpha value is -2.30. The zero-order valence-corrected chi connectivity index (χ0v) is 11.2. The smallest absolute Gasteiger partial charge is 0.239 e. The lowest BCUT2D eigenvalue weighted by Gasteiger charge is -2.24. The summed E-state index contributed by atoms with van der Waals surface area (Å²) in [5.74, 6) is -2.36. The van der Waals surface area contributed by atoms with Crippen LogP contribution in [0.25, 0.3) is 0 Å². The van der Waals surface area contributed by atoms with Crippen molar-refractivity contribution in [2.24, 2.45) is 0 Å². The quantitative estimate of drug-likeness (QED) is 0.874. The van der Waals surface area contributed by atoms with Crippen molar-refractivity contribution in [1.29, 1.82) is 0 Å². The van der Waals surface area contributed by atoms with E-state index < -0.39 is 23.2 Å². The van der Waals surface area contributed by atoms with Gasteiger partial charge in [0.05, 0.1) is 11.1 Å². The molecule has 1 aromatic carbocycles. The second-order valence-electron chi connectivity index (χ2n) is 4.92. The molecule has 0 fully saturated rings. The number of carbonyl (C=O) groups excluding carboxylic acids is 1. The van der Waals surface area contributed by atoms with Gasteiger partial charge in [-0.05, 0) is 31.5 Å². The highest BCUT2D eigenvalue weighted by Crippen LogP contribution is 2.25. The molecule has 20 heavy (non-hydrogen) atoms. The Labute approximate surface area is 115 Å². The number of hydrogen-bond acceptors (Lipinski definition) is 2. The van der Waals surface area contributed by atoms with Crippen LogP contribution in [0.15, 0.2) is 42.5 Å². The number of nitrogens with one attached hydrogen (secondary N) is 1. The van der Waals surface area contributed by atoms with Crippen molar-refractivity contribution < 1.29 is 13.6 Å². The van der Waals surface area contributed by atoms with Gasteiger partial charge < -0.3 is 5.32 Å². The maximum atomic E-state index is 13.4. The molecular formula is C15H14F2N2O. The van der Waals surface area contributed by atoms with Gasteiger partial charge in [-0.2, -0.15) is 13.8 Å². The van der Waals surface area contributed by atoms with Crippen LogP contribution in [0, 0.1) is 11.9 Å². The van der Waals surface area contributed by atoms with E-state index in [1.807, 2.05) is 30.3 Å². The van der Waals surface area contributed by atoms with Gasteiger partial charge in [-0.15, -0.1) is 0 Å². The fourth-order valence-electron chi connectivity index (χ4n) is 1.77. The molecule has 3 nitrogen and oxygen atoms in total. The van der Waals surface area contributed by atoms with Crippen LogP contribution in [0.4, 0.5) is 14.5 Å². The number of rotatable bonds is 3. The first kappa shape index (κ1) is 14.1. The number of anilines is 1. The lowest BCUT2D eigenvalue weighted by Crippen LogP contribution is -2.35. The van der Waals surface area contributed by atoms with Crippen molar-refractivity contribution in [1.82, 2.24) is 4.98 Å². The maximum absolute atomic E-state index is 13.4. The number of carbonyl (C=O) groups is 1. The van der Waals surface area contributed by atoms with E-state index in [0.717, 1.165) is 17.7 Å². The standard InChI is InChI=1S/C15H14F2N2O/c1-15(2,10-6-4-3-5-7-10)14(20)18-11-8-9-12(16)19-13(11)17/h3-9H,1-2H3,(H,18,20). The molecule has 1 aromatic heterocycles. The Balaban J connectivity index is 2.23. The number of aromatic nitrogens is 1. The van der Waals surface area contributed by atoms with Crippen LogP contribution in [0.1, 0.15) is 19.4 Å². The third-order valence-electron chi connectivity index (χ3n) is 3.13. The van der Waals surface area contributed by atoms with E-state index >= 15 is 0 Å². The first-order chi connectivity index (χ1) is 9.41. The highest BCUT2D eigenvalue weighted by molar-refractivity contribution is 5.98. The van der Waals surface area contributed by atoms with E-state index in [0.29, 0.717) is 0 Å². The zero-order chi connectivity index (χ0) is 14.8. The van der Waals surface area contributed by atoms with Crippen molar-refractivity contribution in [2.75, 3.05) is 5.32 Å². The molecule has 0 aliphatic heterocycles. The van der Waals surface area contributed by atoms with Gasteiger partial charge in [-0.3, -0.25) is 4.79 Å². The summed E-state index contributed by atoms with van der Waals surface area (Å²) in [6, 6.07) is 11.3. The summed E-state index contributed by atoms with van der Waals surface area (Å²) >= 11 is 0. The number of pyridine rings is 1. The summed E-state index contributed by atoms with van der Waals surface area (Å²) in [5, 5.41) is 2.43. The number of amides is 1. The number of halogens is 2. The highest BCUT2D eigenvalue weighted by atomic mass is 19.1. The molecule has 1 amide bonds. The molecule has 1 N–H and O–H groups in total. The van der Waals surface area contributed by atoms with Crippen molar-refractivity contribution in [2.45, 2.75) is 19.3 Å². The molecule has 5 heteroatoms. The highest BCUT2D eigenvalue weighted by Gasteiger charge is 2.30. The van der Waals surface area contributed by atoms with Crippen LogP contribution in [-0.4, -0.2) is 10.9 Å². The molecule has 0 radical (unpaired) electrons. The molecule has 0 atom stereocenters. The van der Waals surface area contributed by atoms with Crippen LogP contribution < -0.4 is 5.32 Å². The van der Waals surface area contributed by atoms with Crippen LogP contribution >= 0.6 is 0 Å². The van der Waals surface area contributed by atoms with Crippen LogP contribution in [-0.2, 0) is 10.2 Å². The fraction of sp³-hybridized carbons (Fsp3) is 0.200. The van der Waals surface area contributed by atoms with Gasteiger partial charge in [-0.25, -0.2) is 0 Å². The van der Waals surface area contributed by atoms with E-state index in [9.17, 15) is 13.6 Å². The predicted octanol–water partition coefficient (Wildman–Crippen LogP) is 3.28. The second-order valence-corrected chi connectivity index (χ2v) is 4.92.